The summed E-state index contributed by atoms with van der Waals surface area (Å²) < 4.78 is 0. The summed E-state index contributed by atoms with van der Waals surface area (Å²) in [4.78, 5) is 41.6. The van der Waals surface area contributed by atoms with Crippen molar-refractivity contribution >= 4 is 23.6 Å². The van der Waals surface area contributed by atoms with Gasteiger partial charge in [-0.15, -0.1) is 0 Å². The van der Waals surface area contributed by atoms with E-state index in [0.717, 1.165) is 70.6 Å². The highest BCUT2D eigenvalue weighted by molar-refractivity contribution is 5.83. The number of carbonyl (C=O) groups is 2. The van der Waals surface area contributed by atoms with Crippen LogP contribution in [-0.4, -0.2) is 101 Å². The first kappa shape index (κ1) is 30.0. The third kappa shape index (κ3) is 8.31. The van der Waals surface area contributed by atoms with Gasteiger partial charge in [0, 0.05) is 49.9 Å². The Hall–Kier alpha value is -2.46. The van der Waals surface area contributed by atoms with Gasteiger partial charge in [-0.2, -0.15) is 4.98 Å². The second-order valence-corrected chi connectivity index (χ2v) is 12.6. The van der Waals surface area contributed by atoms with Crippen molar-refractivity contribution in [2.75, 3.05) is 56.0 Å². The number of aromatic nitrogens is 2. The molecule has 10 heteroatoms. The van der Waals surface area contributed by atoms with E-state index >= 15 is 0 Å². The highest BCUT2D eigenvalue weighted by Gasteiger charge is 2.37. The van der Waals surface area contributed by atoms with Crippen LogP contribution in [0, 0.1) is 5.92 Å². The molecule has 10 nitrogen and oxygen atoms in total. The molecule has 228 valence electrons. The van der Waals surface area contributed by atoms with Crippen LogP contribution in [0.2, 0.25) is 0 Å². The molecular formula is C31H51N7O3. The first-order valence-corrected chi connectivity index (χ1v) is 16.4. The van der Waals surface area contributed by atoms with Crippen LogP contribution in [-0.2, 0) is 9.59 Å². The standard InChI is InChI=1S/C31H51N7O3/c39-29(40)23-37(30(41)24-12-16-32-17-13-24)22-15-27-26(11-8-21-38(27)25-9-4-3-5-10-25)34-31-33-18-14-28(35-31)36-19-6-1-2-7-20-36/h14,18,24-27,32H,1-13,15-17,19-23H2,(H,39,40)(H,33,34,35). The Bertz CT molecular complexity index is 974. The van der Waals surface area contributed by atoms with E-state index in [1.165, 1.54) is 57.8 Å². The van der Waals surface area contributed by atoms with Gasteiger partial charge in [0.2, 0.25) is 11.9 Å². The highest BCUT2D eigenvalue weighted by Crippen LogP contribution is 2.32. The summed E-state index contributed by atoms with van der Waals surface area (Å²) >= 11 is 0. The van der Waals surface area contributed by atoms with Gasteiger partial charge in [0.1, 0.15) is 12.4 Å². The maximum Gasteiger partial charge on any atom is 0.323 e. The lowest BCUT2D eigenvalue weighted by atomic mass is 9.87. The Labute approximate surface area is 245 Å². The molecule has 1 aliphatic carbocycles. The zero-order valence-corrected chi connectivity index (χ0v) is 24.8. The maximum absolute atomic E-state index is 13.5. The van der Waals surface area contributed by atoms with Crippen molar-refractivity contribution in [3.63, 3.8) is 0 Å². The highest BCUT2D eigenvalue weighted by atomic mass is 16.4. The minimum absolute atomic E-state index is 0.00641. The van der Waals surface area contributed by atoms with E-state index in [4.69, 9.17) is 4.98 Å². The van der Waals surface area contributed by atoms with E-state index in [1.54, 1.807) is 4.90 Å². The van der Waals surface area contributed by atoms with Gasteiger partial charge in [0.15, 0.2) is 0 Å². The van der Waals surface area contributed by atoms with Gasteiger partial charge in [0.05, 0.1) is 0 Å². The molecule has 0 aromatic carbocycles. The topological polar surface area (TPSA) is 114 Å². The summed E-state index contributed by atoms with van der Waals surface area (Å²) in [5.74, 6) is 0.669. The number of carboxylic acid groups (broad SMARTS) is 1. The summed E-state index contributed by atoms with van der Waals surface area (Å²) in [6, 6.07) is 2.94. The molecular weight excluding hydrogens is 518 g/mol. The predicted octanol–water partition coefficient (Wildman–Crippen LogP) is 3.74. The molecule has 4 heterocycles. The Morgan fingerprint density at radius 3 is 2.41 bits per heavy atom. The van der Waals surface area contributed by atoms with Crippen molar-refractivity contribution < 1.29 is 14.7 Å². The van der Waals surface area contributed by atoms with Crippen LogP contribution in [0.4, 0.5) is 11.8 Å². The molecule has 2 atom stereocenters. The summed E-state index contributed by atoms with van der Waals surface area (Å²) in [5, 5.41) is 16.7. The average Bonchev–Trinajstić information content (AvgIpc) is 3.30. The van der Waals surface area contributed by atoms with Crippen molar-refractivity contribution in [1.82, 2.24) is 25.1 Å². The number of carboxylic acids is 1. The third-order valence-corrected chi connectivity index (χ3v) is 9.77. The van der Waals surface area contributed by atoms with Crippen LogP contribution in [0.3, 0.4) is 0 Å². The molecule has 0 spiro atoms. The van der Waals surface area contributed by atoms with E-state index in [0.29, 0.717) is 18.5 Å². The Morgan fingerprint density at radius 2 is 1.68 bits per heavy atom. The van der Waals surface area contributed by atoms with E-state index in [2.05, 4.69) is 25.4 Å². The molecule has 4 aliphatic rings. The zero-order valence-electron chi connectivity index (χ0n) is 24.8. The minimum Gasteiger partial charge on any atom is -0.480 e. The van der Waals surface area contributed by atoms with Gasteiger partial charge >= 0.3 is 5.97 Å². The number of nitrogens with zero attached hydrogens (tertiary/aromatic N) is 5. The Kier molecular flexibility index (Phi) is 11.1. The monoisotopic (exact) mass is 569 g/mol. The van der Waals surface area contributed by atoms with Gasteiger partial charge in [-0.25, -0.2) is 4.98 Å². The molecule has 5 rings (SSSR count). The van der Waals surface area contributed by atoms with Crippen LogP contribution in [0.15, 0.2) is 12.3 Å². The van der Waals surface area contributed by atoms with Gasteiger partial charge in [0.25, 0.3) is 0 Å². The van der Waals surface area contributed by atoms with Crippen molar-refractivity contribution in [3.8, 4) is 0 Å². The summed E-state index contributed by atoms with van der Waals surface area (Å²) in [5.41, 5.74) is 0. The smallest absolute Gasteiger partial charge is 0.323 e. The molecule has 2 unspecified atom stereocenters. The fourth-order valence-corrected chi connectivity index (χ4v) is 7.59. The number of nitrogens with one attached hydrogen (secondary N) is 2. The maximum atomic E-state index is 13.5. The van der Waals surface area contributed by atoms with E-state index in [1.807, 2.05) is 12.3 Å². The number of likely N-dealkylation sites (tertiary alicyclic amines) is 1. The molecule has 4 fully saturated rings. The number of piperidine rings is 2. The SMILES string of the molecule is O=C(O)CN(CCC1C(Nc2nccc(N3CCCCCC3)n2)CCCN1C1CCCCC1)C(=O)C1CCNCC1. The molecule has 41 heavy (non-hydrogen) atoms. The number of hydrogen-bond donors (Lipinski definition) is 3. The molecule has 1 aromatic rings. The molecule has 1 amide bonds. The van der Waals surface area contributed by atoms with Crippen molar-refractivity contribution in [3.05, 3.63) is 12.3 Å². The Morgan fingerprint density at radius 1 is 0.951 bits per heavy atom. The van der Waals surface area contributed by atoms with Crippen LogP contribution in [0.25, 0.3) is 0 Å². The van der Waals surface area contributed by atoms with Gasteiger partial charge < -0.3 is 25.5 Å². The van der Waals surface area contributed by atoms with Crippen molar-refractivity contribution in [1.29, 1.82) is 0 Å². The molecule has 1 saturated carbocycles. The minimum atomic E-state index is -0.937. The molecule has 3 saturated heterocycles. The van der Waals surface area contributed by atoms with E-state index in [-0.39, 0.29) is 30.5 Å². The fourth-order valence-electron chi connectivity index (χ4n) is 7.59. The van der Waals surface area contributed by atoms with Crippen LogP contribution in [0.1, 0.15) is 89.9 Å². The fraction of sp³-hybridized carbons (Fsp3) is 0.806. The lowest BCUT2D eigenvalue weighted by Gasteiger charge is -2.47. The number of carbonyl (C=O) groups excluding carboxylic acids is 1. The lowest BCUT2D eigenvalue weighted by Crippen LogP contribution is -2.57. The second kappa shape index (κ2) is 15.1. The lowest BCUT2D eigenvalue weighted by molar-refractivity contribution is -0.147. The van der Waals surface area contributed by atoms with E-state index < -0.39 is 5.97 Å². The van der Waals surface area contributed by atoms with Gasteiger partial charge in [-0.05, 0) is 83.5 Å². The van der Waals surface area contributed by atoms with Crippen molar-refractivity contribution in [2.45, 2.75) is 108 Å². The largest absolute Gasteiger partial charge is 0.480 e. The predicted molar refractivity (Wildman–Crippen MR) is 161 cm³/mol. The molecule has 3 aliphatic heterocycles. The first-order valence-electron chi connectivity index (χ1n) is 16.4. The molecule has 0 bridgehead atoms. The van der Waals surface area contributed by atoms with E-state index in [9.17, 15) is 14.7 Å². The number of anilines is 2. The number of amides is 1. The van der Waals surface area contributed by atoms with Crippen molar-refractivity contribution in [2.24, 2.45) is 5.92 Å². The Balaban J connectivity index is 1.32. The average molecular weight is 570 g/mol. The summed E-state index contributed by atoms with van der Waals surface area (Å²) in [6.07, 6.45) is 17.6. The van der Waals surface area contributed by atoms with Crippen LogP contribution < -0.4 is 15.5 Å². The number of rotatable bonds is 10. The molecule has 1 aromatic heterocycles. The molecule has 0 radical (unpaired) electrons. The zero-order chi connectivity index (χ0) is 28.4. The normalized spacial score (nSPS) is 25.4. The van der Waals surface area contributed by atoms with Crippen LogP contribution >= 0.6 is 0 Å². The van der Waals surface area contributed by atoms with Crippen LogP contribution in [0.5, 0.6) is 0 Å². The number of hydrogen-bond acceptors (Lipinski definition) is 8. The quantitative estimate of drug-likeness (QED) is 0.388. The second-order valence-electron chi connectivity index (χ2n) is 12.6. The first-order chi connectivity index (χ1) is 20.1. The number of aliphatic carboxylic acids is 1. The summed E-state index contributed by atoms with van der Waals surface area (Å²) in [7, 11) is 0. The van der Waals surface area contributed by atoms with Gasteiger partial charge in [-0.1, -0.05) is 32.1 Å². The molecule has 3 N–H and O–H groups in total. The van der Waals surface area contributed by atoms with Gasteiger partial charge in [-0.3, -0.25) is 14.5 Å². The summed E-state index contributed by atoms with van der Waals surface area (Å²) in [6.45, 7) is 5.03. The third-order valence-electron chi connectivity index (χ3n) is 9.77.